The molecule has 1 fully saturated rings. The van der Waals surface area contributed by atoms with Gasteiger partial charge >= 0.3 is 0 Å². The normalized spacial score (nSPS) is 15.3. The van der Waals surface area contributed by atoms with Crippen molar-refractivity contribution in [2.45, 2.75) is 32.0 Å². The molecule has 32 heavy (non-hydrogen) atoms. The van der Waals surface area contributed by atoms with Crippen LogP contribution in [0.2, 0.25) is 0 Å². The standard InChI is InChI=1S/C25H37N5O.HI/c1-26-25(27-17-20-10-9-11-21(16-20)19-29(2)3)28-18-23(30-14-7-8-15-30)22-12-5-6-13-24(22)31-4;/h5-6,9-13,16,23H,7-8,14-15,17-19H2,1-4H3,(H2,26,27,28);1H. The molecule has 0 saturated carbocycles. The number of likely N-dealkylation sites (tertiary alicyclic amines) is 1. The van der Waals surface area contributed by atoms with Crippen LogP contribution in [0.25, 0.3) is 0 Å². The van der Waals surface area contributed by atoms with Gasteiger partial charge in [0.05, 0.1) is 13.2 Å². The number of aliphatic imine (C=N–C) groups is 1. The number of halogens is 1. The maximum atomic E-state index is 5.66. The minimum atomic E-state index is 0. The van der Waals surface area contributed by atoms with E-state index < -0.39 is 0 Å². The molecule has 2 aromatic carbocycles. The first-order chi connectivity index (χ1) is 15.1. The number of nitrogens with zero attached hydrogens (tertiary/aromatic N) is 3. The predicted molar refractivity (Wildman–Crippen MR) is 144 cm³/mol. The second kappa shape index (κ2) is 13.6. The number of ether oxygens (including phenoxy) is 1. The Bertz CT molecular complexity index is 852. The molecule has 1 saturated heterocycles. The Morgan fingerprint density at radius 3 is 2.47 bits per heavy atom. The van der Waals surface area contributed by atoms with Crippen LogP contribution in [0.1, 0.15) is 35.6 Å². The van der Waals surface area contributed by atoms with Gasteiger partial charge in [-0.15, -0.1) is 24.0 Å². The fraction of sp³-hybridized carbons (Fsp3) is 0.480. The van der Waals surface area contributed by atoms with E-state index in [0.29, 0.717) is 0 Å². The van der Waals surface area contributed by atoms with Gasteiger partial charge in [-0.05, 0) is 57.2 Å². The number of hydrogen-bond donors (Lipinski definition) is 2. The third kappa shape index (κ3) is 7.64. The molecule has 0 bridgehead atoms. The zero-order valence-corrected chi connectivity index (χ0v) is 22.1. The molecule has 2 aromatic rings. The summed E-state index contributed by atoms with van der Waals surface area (Å²) < 4.78 is 5.66. The van der Waals surface area contributed by atoms with E-state index in [4.69, 9.17) is 4.74 Å². The summed E-state index contributed by atoms with van der Waals surface area (Å²) >= 11 is 0. The first kappa shape index (κ1) is 26.4. The van der Waals surface area contributed by atoms with Crippen LogP contribution in [-0.2, 0) is 13.1 Å². The Hall–Kier alpha value is -1.84. The highest BCUT2D eigenvalue weighted by Crippen LogP contribution is 2.31. The minimum Gasteiger partial charge on any atom is -0.496 e. The quantitative estimate of drug-likeness (QED) is 0.282. The van der Waals surface area contributed by atoms with Crippen molar-refractivity contribution >= 4 is 29.9 Å². The number of guanidine groups is 1. The Balaban J connectivity index is 0.00000363. The van der Waals surface area contributed by atoms with Crippen molar-refractivity contribution in [3.63, 3.8) is 0 Å². The van der Waals surface area contributed by atoms with Gasteiger partial charge in [0, 0.05) is 32.2 Å². The van der Waals surface area contributed by atoms with Gasteiger partial charge in [0.1, 0.15) is 5.75 Å². The molecular weight excluding hydrogens is 513 g/mol. The van der Waals surface area contributed by atoms with E-state index in [1.54, 1.807) is 7.11 Å². The molecule has 176 valence electrons. The van der Waals surface area contributed by atoms with Gasteiger partial charge in [0.15, 0.2) is 5.96 Å². The average Bonchev–Trinajstić information content (AvgIpc) is 3.30. The molecule has 7 heteroatoms. The highest BCUT2D eigenvalue weighted by Gasteiger charge is 2.26. The lowest BCUT2D eigenvalue weighted by atomic mass is 10.0. The van der Waals surface area contributed by atoms with Gasteiger partial charge in [-0.2, -0.15) is 0 Å². The van der Waals surface area contributed by atoms with Crippen LogP contribution in [0.4, 0.5) is 0 Å². The van der Waals surface area contributed by atoms with E-state index in [1.165, 1.54) is 29.5 Å². The highest BCUT2D eigenvalue weighted by atomic mass is 127. The summed E-state index contributed by atoms with van der Waals surface area (Å²) in [4.78, 5) is 9.17. The lowest BCUT2D eigenvalue weighted by Crippen LogP contribution is -2.42. The van der Waals surface area contributed by atoms with Crippen LogP contribution in [0.15, 0.2) is 53.5 Å². The van der Waals surface area contributed by atoms with E-state index in [1.807, 2.05) is 19.2 Å². The van der Waals surface area contributed by atoms with Gasteiger partial charge in [0.2, 0.25) is 0 Å². The molecule has 1 atom stereocenters. The lowest BCUT2D eigenvalue weighted by molar-refractivity contribution is 0.239. The zero-order chi connectivity index (χ0) is 22.1. The van der Waals surface area contributed by atoms with Gasteiger partial charge in [-0.3, -0.25) is 9.89 Å². The summed E-state index contributed by atoms with van der Waals surface area (Å²) in [5.41, 5.74) is 3.80. The number of rotatable bonds is 9. The minimum absolute atomic E-state index is 0. The average molecular weight is 552 g/mol. The Morgan fingerprint density at radius 1 is 1.06 bits per heavy atom. The van der Waals surface area contributed by atoms with Gasteiger partial charge in [0.25, 0.3) is 0 Å². The summed E-state index contributed by atoms with van der Waals surface area (Å²) in [7, 11) is 7.76. The molecule has 0 aliphatic carbocycles. The SMILES string of the molecule is CN=C(NCc1cccc(CN(C)C)c1)NCC(c1ccccc1OC)N1CCCC1.I. The number of benzene rings is 2. The molecular formula is C25H38IN5O. The molecule has 1 unspecified atom stereocenters. The van der Waals surface area contributed by atoms with Crippen LogP contribution < -0.4 is 15.4 Å². The monoisotopic (exact) mass is 551 g/mol. The fourth-order valence-electron chi connectivity index (χ4n) is 4.23. The molecule has 0 radical (unpaired) electrons. The molecule has 1 heterocycles. The topological polar surface area (TPSA) is 52.1 Å². The van der Waals surface area contributed by atoms with Crippen LogP contribution in [0, 0.1) is 0 Å². The van der Waals surface area contributed by atoms with E-state index in [-0.39, 0.29) is 30.0 Å². The largest absolute Gasteiger partial charge is 0.496 e. The first-order valence-electron chi connectivity index (χ1n) is 11.1. The summed E-state index contributed by atoms with van der Waals surface area (Å²) in [6.45, 7) is 4.70. The first-order valence-corrected chi connectivity index (χ1v) is 11.1. The maximum Gasteiger partial charge on any atom is 0.191 e. The smallest absolute Gasteiger partial charge is 0.191 e. The zero-order valence-electron chi connectivity index (χ0n) is 19.8. The molecule has 2 N–H and O–H groups in total. The lowest BCUT2D eigenvalue weighted by Gasteiger charge is -2.30. The summed E-state index contributed by atoms with van der Waals surface area (Å²) in [6.07, 6.45) is 2.50. The number of methoxy groups -OCH3 is 1. The van der Waals surface area contributed by atoms with Gasteiger partial charge in [-0.25, -0.2) is 0 Å². The van der Waals surface area contributed by atoms with Crippen LogP contribution in [-0.4, -0.2) is 63.6 Å². The Labute approximate surface area is 210 Å². The fourth-order valence-corrected chi connectivity index (χ4v) is 4.23. The summed E-state index contributed by atoms with van der Waals surface area (Å²) in [5.74, 6) is 1.76. The molecule has 6 nitrogen and oxygen atoms in total. The van der Waals surface area contributed by atoms with Crippen molar-refractivity contribution in [3.05, 3.63) is 65.2 Å². The Kier molecular flexibility index (Phi) is 11.3. The van der Waals surface area contributed by atoms with E-state index in [9.17, 15) is 0 Å². The predicted octanol–water partition coefficient (Wildman–Crippen LogP) is 3.88. The van der Waals surface area contributed by atoms with Gasteiger partial charge in [-0.1, -0.05) is 42.5 Å². The Morgan fingerprint density at radius 2 is 1.78 bits per heavy atom. The second-order valence-electron chi connectivity index (χ2n) is 8.37. The summed E-state index contributed by atoms with van der Waals surface area (Å²) in [5, 5.41) is 7.01. The third-order valence-corrected chi connectivity index (χ3v) is 5.72. The molecule has 3 rings (SSSR count). The third-order valence-electron chi connectivity index (χ3n) is 5.72. The molecule has 1 aliphatic heterocycles. The van der Waals surface area contributed by atoms with Gasteiger partial charge < -0.3 is 20.3 Å². The number of hydrogen-bond acceptors (Lipinski definition) is 4. The van der Waals surface area contributed by atoms with Crippen molar-refractivity contribution in [1.29, 1.82) is 0 Å². The van der Waals surface area contributed by atoms with Crippen molar-refractivity contribution in [2.24, 2.45) is 4.99 Å². The molecule has 0 spiro atoms. The van der Waals surface area contributed by atoms with Crippen LogP contribution in [0.5, 0.6) is 5.75 Å². The number of nitrogens with one attached hydrogen (secondary N) is 2. The molecule has 1 aliphatic rings. The van der Waals surface area contributed by atoms with E-state index >= 15 is 0 Å². The van der Waals surface area contributed by atoms with Crippen LogP contribution in [0.3, 0.4) is 0 Å². The highest BCUT2D eigenvalue weighted by molar-refractivity contribution is 14.0. The van der Waals surface area contributed by atoms with Crippen molar-refractivity contribution in [2.75, 3.05) is 47.9 Å². The number of para-hydroxylation sites is 1. The molecule has 0 amide bonds. The second-order valence-corrected chi connectivity index (χ2v) is 8.37. The van der Waals surface area contributed by atoms with E-state index in [0.717, 1.165) is 44.4 Å². The van der Waals surface area contributed by atoms with Crippen molar-refractivity contribution in [1.82, 2.24) is 20.4 Å². The van der Waals surface area contributed by atoms with Crippen molar-refractivity contribution in [3.8, 4) is 5.75 Å². The summed E-state index contributed by atoms with van der Waals surface area (Å²) in [6, 6.07) is 17.3. The van der Waals surface area contributed by atoms with E-state index in [2.05, 4.69) is 75.9 Å². The van der Waals surface area contributed by atoms with Crippen LogP contribution >= 0.6 is 24.0 Å². The molecule has 0 aromatic heterocycles. The van der Waals surface area contributed by atoms with Crippen molar-refractivity contribution < 1.29 is 4.74 Å². The maximum absolute atomic E-state index is 5.66.